The van der Waals surface area contributed by atoms with E-state index in [0.717, 1.165) is 18.0 Å². The normalized spacial score (nSPS) is 23.6. The van der Waals surface area contributed by atoms with Crippen molar-refractivity contribution in [1.29, 1.82) is 0 Å². The Kier molecular flexibility index (Phi) is 3.74. The third kappa shape index (κ3) is 2.69. The highest BCUT2D eigenvalue weighted by Gasteiger charge is 2.29. The number of imidazole rings is 1. The minimum Gasteiger partial charge on any atom is -0.321 e. The summed E-state index contributed by atoms with van der Waals surface area (Å²) in [7, 11) is 0. The van der Waals surface area contributed by atoms with E-state index >= 15 is 0 Å². The van der Waals surface area contributed by atoms with Gasteiger partial charge in [-0.15, -0.1) is 0 Å². The summed E-state index contributed by atoms with van der Waals surface area (Å²) in [5.74, 6) is 1.98. The van der Waals surface area contributed by atoms with Gasteiger partial charge in [-0.05, 0) is 52.1 Å². The Balaban J connectivity index is 2.09. The van der Waals surface area contributed by atoms with Crippen LogP contribution in [-0.2, 0) is 5.54 Å². The lowest BCUT2D eigenvalue weighted by Gasteiger charge is -2.33. The fourth-order valence-corrected chi connectivity index (χ4v) is 3.45. The maximum Gasteiger partial charge on any atom is 0.127 e. The van der Waals surface area contributed by atoms with E-state index < -0.39 is 0 Å². The summed E-state index contributed by atoms with van der Waals surface area (Å²) < 4.78 is 2.39. The highest BCUT2D eigenvalue weighted by atomic mass is 15.2. The lowest BCUT2D eigenvalue weighted by Crippen LogP contribution is -2.36. The first kappa shape index (κ1) is 14.5. The van der Waals surface area contributed by atoms with Crippen molar-refractivity contribution in [3.8, 4) is 0 Å². The molecule has 2 unspecified atom stereocenters. The zero-order valence-corrected chi connectivity index (χ0v) is 13.6. The van der Waals surface area contributed by atoms with Crippen LogP contribution in [0.1, 0.15) is 58.8 Å². The molecule has 1 aliphatic heterocycles. The molecule has 3 rings (SSSR count). The van der Waals surface area contributed by atoms with E-state index in [9.17, 15) is 0 Å². The van der Waals surface area contributed by atoms with E-state index in [2.05, 4.69) is 48.6 Å². The third-order valence-corrected chi connectivity index (χ3v) is 4.55. The van der Waals surface area contributed by atoms with Crippen LogP contribution in [0.5, 0.6) is 0 Å². The van der Waals surface area contributed by atoms with E-state index in [1.54, 1.807) is 0 Å². The molecule has 21 heavy (non-hydrogen) atoms. The summed E-state index contributed by atoms with van der Waals surface area (Å²) in [6.07, 6.45) is 7.46. The van der Waals surface area contributed by atoms with Gasteiger partial charge in [-0.2, -0.15) is 0 Å². The standard InChI is InChI=1S/C17H26N4/c1-5-12-6-9-19-13(10-12)16-20-14-11-18-8-7-15(14)21(16)17(2,3)4/h7-8,11-13,19H,5-6,9-10H2,1-4H3. The average Bonchev–Trinajstić information content (AvgIpc) is 2.86. The Bertz CT molecular complexity index is 623. The van der Waals surface area contributed by atoms with E-state index in [1.807, 2.05) is 12.4 Å². The van der Waals surface area contributed by atoms with E-state index in [0.29, 0.717) is 6.04 Å². The van der Waals surface area contributed by atoms with Crippen LogP contribution >= 0.6 is 0 Å². The van der Waals surface area contributed by atoms with Crippen molar-refractivity contribution in [3.63, 3.8) is 0 Å². The second-order valence-electron chi connectivity index (χ2n) is 7.15. The molecular weight excluding hydrogens is 260 g/mol. The minimum atomic E-state index is 0.0201. The predicted molar refractivity (Wildman–Crippen MR) is 86.3 cm³/mol. The van der Waals surface area contributed by atoms with Gasteiger partial charge in [0, 0.05) is 11.7 Å². The van der Waals surface area contributed by atoms with Crippen molar-refractivity contribution >= 4 is 11.0 Å². The highest BCUT2D eigenvalue weighted by molar-refractivity contribution is 5.75. The van der Waals surface area contributed by atoms with Gasteiger partial charge in [0.25, 0.3) is 0 Å². The molecule has 1 aliphatic rings. The van der Waals surface area contributed by atoms with E-state index in [1.165, 1.54) is 30.6 Å². The number of nitrogens with one attached hydrogen (secondary N) is 1. The second-order valence-corrected chi connectivity index (χ2v) is 7.15. The van der Waals surface area contributed by atoms with Gasteiger partial charge < -0.3 is 9.88 Å². The molecule has 4 heteroatoms. The summed E-state index contributed by atoms with van der Waals surface area (Å²) in [4.78, 5) is 9.14. The molecular formula is C17H26N4. The predicted octanol–water partition coefficient (Wildman–Crippen LogP) is 3.64. The largest absolute Gasteiger partial charge is 0.321 e. The Morgan fingerprint density at radius 2 is 2.19 bits per heavy atom. The van der Waals surface area contributed by atoms with Crippen molar-refractivity contribution in [2.45, 2.75) is 58.5 Å². The van der Waals surface area contributed by atoms with E-state index in [4.69, 9.17) is 4.98 Å². The molecule has 2 aromatic heterocycles. The van der Waals surface area contributed by atoms with E-state index in [-0.39, 0.29) is 5.54 Å². The number of pyridine rings is 1. The van der Waals surface area contributed by atoms with Gasteiger partial charge in [0.2, 0.25) is 0 Å². The summed E-state index contributed by atoms with van der Waals surface area (Å²) in [6, 6.07) is 2.44. The van der Waals surface area contributed by atoms with Gasteiger partial charge in [-0.1, -0.05) is 13.3 Å². The smallest absolute Gasteiger partial charge is 0.127 e. The first-order valence-corrected chi connectivity index (χ1v) is 8.07. The Labute approximate surface area is 127 Å². The number of piperidine rings is 1. The fourth-order valence-electron chi connectivity index (χ4n) is 3.45. The first-order chi connectivity index (χ1) is 10.0. The first-order valence-electron chi connectivity index (χ1n) is 8.07. The fraction of sp³-hybridized carbons (Fsp3) is 0.647. The van der Waals surface area contributed by atoms with Crippen LogP contribution in [0.3, 0.4) is 0 Å². The quantitative estimate of drug-likeness (QED) is 0.916. The van der Waals surface area contributed by atoms with Crippen molar-refractivity contribution < 1.29 is 0 Å². The zero-order valence-electron chi connectivity index (χ0n) is 13.6. The monoisotopic (exact) mass is 286 g/mol. The Morgan fingerprint density at radius 3 is 2.90 bits per heavy atom. The maximum atomic E-state index is 4.91. The van der Waals surface area contributed by atoms with Gasteiger partial charge in [0.15, 0.2) is 0 Å². The van der Waals surface area contributed by atoms with Crippen molar-refractivity contribution in [2.75, 3.05) is 6.54 Å². The van der Waals surface area contributed by atoms with Crippen LogP contribution in [0.25, 0.3) is 11.0 Å². The van der Waals surface area contributed by atoms with Gasteiger partial charge in [-0.3, -0.25) is 4.98 Å². The third-order valence-electron chi connectivity index (χ3n) is 4.55. The lowest BCUT2D eigenvalue weighted by atomic mass is 9.90. The summed E-state index contributed by atoms with van der Waals surface area (Å²) in [5, 5.41) is 3.67. The maximum absolute atomic E-state index is 4.91. The number of rotatable bonds is 2. The number of aromatic nitrogens is 3. The zero-order chi connectivity index (χ0) is 15.0. The molecule has 0 aromatic carbocycles. The average molecular weight is 286 g/mol. The molecule has 1 N–H and O–H groups in total. The molecule has 1 fully saturated rings. The molecule has 0 amide bonds. The second kappa shape index (κ2) is 5.41. The molecule has 0 radical (unpaired) electrons. The molecule has 0 saturated carbocycles. The lowest BCUT2D eigenvalue weighted by molar-refractivity contribution is 0.273. The van der Waals surface area contributed by atoms with Gasteiger partial charge in [0.05, 0.1) is 17.8 Å². The number of fused-ring (bicyclic) bond motifs is 1. The molecule has 0 spiro atoms. The van der Waals surface area contributed by atoms with Gasteiger partial charge >= 0.3 is 0 Å². The Hall–Kier alpha value is -1.42. The Morgan fingerprint density at radius 1 is 1.38 bits per heavy atom. The molecule has 2 atom stereocenters. The van der Waals surface area contributed by atoms with Crippen molar-refractivity contribution in [3.05, 3.63) is 24.3 Å². The molecule has 0 bridgehead atoms. The molecule has 114 valence electrons. The highest BCUT2D eigenvalue weighted by Crippen LogP contribution is 2.33. The van der Waals surface area contributed by atoms with Gasteiger partial charge in [0.1, 0.15) is 11.3 Å². The van der Waals surface area contributed by atoms with Crippen molar-refractivity contribution in [2.24, 2.45) is 5.92 Å². The summed E-state index contributed by atoms with van der Waals surface area (Å²) >= 11 is 0. The van der Waals surface area contributed by atoms with Crippen LogP contribution in [0.15, 0.2) is 18.5 Å². The SMILES string of the molecule is CCC1CCNC(c2nc3cnccc3n2C(C)(C)C)C1. The van der Waals surface area contributed by atoms with Crippen LogP contribution in [0, 0.1) is 5.92 Å². The number of hydrogen-bond acceptors (Lipinski definition) is 3. The van der Waals surface area contributed by atoms with Crippen LogP contribution in [0.4, 0.5) is 0 Å². The van der Waals surface area contributed by atoms with Crippen LogP contribution < -0.4 is 5.32 Å². The number of nitrogens with zero attached hydrogens (tertiary/aromatic N) is 3. The van der Waals surface area contributed by atoms with Crippen molar-refractivity contribution in [1.82, 2.24) is 19.9 Å². The van der Waals surface area contributed by atoms with Crippen LogP contribution in [0.2, 0.25) is 0 Å². The number of hydrogen-bond donors (Lipinski definition) is 1. The molecule has 4 nitrogen and oxygen atoms in total. The topological polar surface area (TPSA) is 42.7 Å². The minimum absolute atomic E-state index is 0.0201. The molecule has 1 saturated heterocycles. The van der Waals surface area contributed by atoms with Gasteiger partial charge in [-0.25, -0.2) is 4.98 Å². The molecule has 0 aliphatic carbocycles. The summed E-state index contributed by atoms with van der Waals surface area (Å²) in [5.41, 5.74) is 2.21. The molecule has 2 aromatic rings. The summed E-state index contributed by atoms with van der Waals surface area (Å²) in [6.45, 7) is 10.1. The molecule has 3 heterocycles. The van der Waals surface area contributed by atoms with Crippen LogP contribution in [-0.4, -0.2) is 21.1 Å².